The molecular weight excluding hydrogens is 352 g/mol. The third-order valence-corrected chi connectivity index (χ3v) is 5.13. The van der Waals surface area contributed by atoms with Crippen LogP contribution < -0.4 is 11.5 Å². The van der Waals surface area contributed by atoms with Crippen LogP contribution >= 0.6 is 0 Å². The summed E-state index contributed by atoms with van der Waals surface area (Å²) in [7, 11) is 0. The van der Waals surface area contributed by atoms with Gasteiger partial charge in [0.05, 0.1) is 18.5 Å². The molecule has 0 bridgehead atoms. The summed E-state index contributed by atoms with van der Waals surface area (Å²) in [6.07, 6.45) is 1.06. The number of aliphatic hydroxyl groups is 2. The normalized spacial score (nSPS) is 27.7. The molecule has 1 saturated heterocycles. The number of hydrogen-bond acceptors (Lipinski definition) is 9. The molecule has 148 valence electrons. The van der Waals surface area contributed by atoms with Gasteiger partial charge in [0.15, 0.2) is 17.7 Å². The lowest BCUT2D eigenvalue weighted by Gasteiger charge is -2.20. The van der Waals surface area contributed by atoms with Gasteiger partial charge < -0.3 is 26.4 Å². The van der Waals surface area contributed by atoms with Crippen LogP contribution in [0.1, 0.15) is 39.3 Å². The van der Waals surface area contributed by atoms with Gasteiger partial charge in [-0.25, -0.2) is 15.0 Å². The van der Waals surface area contributed by atoms with Crippen LogP contribution in [0.15, 0.2) is 12.7 Å². The summed E-state index contributed by atoms with van der Waals surface area (Å²) < 4.78 is 7.48. The van der Waals surface area contributed by atoms with Crippen molar-refractivity contribution in [1.29, 1.82) is 0 Å². The van der Waals surface area contributed by atoms with Crippen molar-refractivity contribution in [1.82, 2.24) is 19.5 Å². The second-order valence-electron chi connectivity index (χ2n) is 7.26. The van der Waals surface area contributed by atoms with E-state index in [-0.39, 0.29) is 17.5 Å². The molecule has 0 amide bonds. The Labute approximate surface area is 156 Å². The number of aromatic nitrogens is 4. The molecule has 3 heterocycles. The SMILES string of the molecule is CC(=O)[C@@H](N)CCC(C)C[C@H]1O[C@@H](n2cnc3c(N)ncnc32)[C@H](O)[C@@H]1O. The van der Waals surface area contributed by atoms with Crippen LogP contribution in [0, 0.1) is 5.92 Å². The van der Waals surface area contributed by atoms with E-state index in [4.69, 9.17) is 16.2 Å². The summed E-state index contributed by atoms with van der Waals surface area (Å²) >= 11 is 0. The monoisotopic (exact) mass is 378 g/mol. The Morgan fingerprint density at radius 1 is 1.30 bits per heavy atom. The van der Waals surface area contributed by atoms with Gasteiger partial charge in [0.2, 0.25) is 0 Å². The molecule has 10 nitrogen and oxygen atoms in total. The molecule has 0 saturated carbocycles. The van der Waals surface area contributed by atoms with Crippen LogP contribution in [0.25, 0.3) is 11.2 Å². The minimum Gasteiger partial charge on any atom is -0.388 e. The average molecular weight is 378 g/mol. The van der Waals surface area contributed by atoms with Crippen molar-refractivity contribution in [2.45, 2.75) is 63.7 Å². The number of Topliss-reactive ketones (excluding diaryl/α,β-unsaturated/α-hetero) is 1. The van der Waals surface area contributed by atoms with Crippen molar-refractivity contribution < 1.29 is 19.7 Å². The van der Waals surface area contributed by atoms with E-state index in [2.05, 4.69) is 15.0 Å². The Hall–Kier alpha value is -2.14. The summed E-state index contributed by atoms with van der Waals surface area (Å²) in [5.74, 6) is 0.361. The van der Waals surface area contributed by atoms with Gasteiger partial charge >= 0.3 is 0 Å². The van der Waals surface area contributed by atoms with Crippen LogP contribution in [-0.4, -0.2) is 59.9 Å². The number of fused-ring (bicyclic) bond motifs is 1. The lowest BCUT2D eigenvalue weighted by atomic mass is 9.93. The van der Waals surface area contributed by atoms with Crippen molar-refractivity contribution in [3.63, 3.8) is 0 Å². The molecule has 1 aliphatic heterocycles. The smallest absolute Gasteiger partial charge is 0.167 e. The van der Waals surface area contributed by atoms with Crippen molar-refractivity contribution in [3.05, 3.63) is 12.7 Å². The van der Waals surface area contributed by atoms with E-state index in [1.54, 1.807) is 4.57 Å². The molecule has 2 aromatic rings. The van der Waals surface area contributed by atoms with E-state index in [9.17, 15) is 15.0 Å². The number of ketones is 1. The topological polar surface area (TPSA) is 162 Å². The molecule has 1 aliphatic rings. The van der Waals surface area contributed by atoms with Crippen LogP contribution in [0.3, 0.4) is 0 Å². The number of hydrogen-bond donors (Lipinski definition) is 4. The van der Waals surface area contributed by atoms with E-state index in [1.165, 1.54) is 19.6 Å². The fourth-order valence-corrected chi connectivity index (χ4v) is 3.39. The van der Waals surface area contributed by atoms with Gasteiger partial charge in [0.25, 0.3) is 0 Å². The molecule has 6 atom stereocenters. The quantitative estimate of drug-likeness (QED) is 0.509. The summed E-state index contributed by atoms with van der Waals surface area (Å²) in [5.41, 5.74) is 12.4. The van der Waals surface area contributed by atoms with Crippen molar-refractivity contribution in [3.8, 4) is 0 Å². The summed E-state index contributed by atoms with van der Waals surface area (Å²) in [5, 5.41) is 20.9. The molecule has 3 rings (SSSR count). The van der Waals surface area contributed by atoms with Gasteiger partial charge in [-0.3, -0.25) is 9.36 Å². The third-order valence-electron chi connectivity index (χ3n) is 5.13. The van der Waals surface area contributed by atoms with Crippen LogP contribution in [0.4, 0.5) is 5.82 Å². The minimum atomic E-state index is -1.13. The highest BCUT2D eigenvalue weighted by atomic mass is 16.6. The number of ether oxygens (including phenoxy) is 1. The Kier molecular flexibility index (Phi) is 5.70. The number of nitrogens with two attached hydrogens (primary N) is 2. The van der Waals surface area contributed by atoms with Gasteiger partial charge in [-0.05, 0) is 32.1 Å². The molecule has 27 heavy (non-hydrogen) atoms. The van der Waals surface area contributed by atoms with Crippen LogP contribution in [0.5, 0.6) is 0 Å². The number of carbonyl (C=O) groups is 1. The van der Waals surface area contributed by atoms with E-state index in [1.807, 2.05) is 6.92 Å². The van der Waals surface area contributed by atoms with Gasteiger partial charge in [-0.2, -0.15) is 0 Å². The zero-order chi connectivity index (χ0) is 19.7. The van der Waals surface area contributed by atoms with E-state index in [0.29, 0.717) is 24.0 Å². The standard InChI is InChI=1S/C17H26N6O4/c1-8(3-4-10(18)9(2)24)5-11-13(25)14(26)17(27-11)23-7-22-12-15(19)20-6-21-16(12)23/h6-8,10-11,13-14,17,25-26H,3-5,18H2,1-2H3,(H2,19,20,21)/t8?,10-,11+,13+,14+,17+/m0/s1. The number of nitrogens with zero attached hydrogens (tertiary/aromatic N) is 4. The molecule has 1 fully saturated rings. The fraction of sp³-hybridized carbons (Fsp3) is 0.647. The van der Waals surface area contributed by atoms with Gasteiger partial charge in [0.1, 0.15) is 29.8 Å². The molecule has 2 aromatic heterocycles. The molecule has 0 spiro atoms. The third kappa shape index (κ3) is 3.93. The number of carbonyl (C=O) groups excluding carboxylic acids is 1. The Morgan fingerprint density at radius 3 is 2.74 bits per heavy atom. The maximum atomic E-state index is 11.3. The Bertz CT molecular complexity index is 812. The number of aliphatic hydroxyl groups excluding tert-OH is 2. The number of anilines is 1. The second kappa shape index (κ2) is 7.85. The minimum absolute atomic E-state index is 0.0388. The van der Waals surface area contributed by atoms with Gasteiger partial charge in [0, 0.05) is 0 Å². The summed E-state index contributed by atoms with van der Waals surface area (Å²) in [6, 6.07) is -0.470. The number of nitrogen functional groups attached to an aromatic ring is 1. The Balaban J connectivity index is 1.68. The maximum absolute atomic E-state index is 11.3. The second-order valence-corrected chi connectivity index (χ2v) is 7.26. The average Bonchev–Trinajstić information content (AvgIpc) is 3.17. The van der Waals surface area contributed by atoms with E-state index >= 15 is 0 Å². The molecule has 1 unspecified atom stereocenters. The van der Waals surface area contributed by atoms with Crippen LogP contribution in [-0.2, 0) is 9.53 Å². The molecule has 0 aliphatic carbocycles. The van der Waals surface area contributed by atoms with Gasteiger partial charge in [-0.15, -0.1) is 0 Å². The molecule has 10 heteroatoms. The largest absolute Gasteiger partial charge is 0.388 e. The van der Waals surface area contributed by atoms with Crippen molar-refractivity contribution in [2.75, 3.05) is 5.73 Å². The molecule has 0 aromatic carbocycles. The first-order valence-corrected chi connectivity index (χ1v) is 9.00. The molecule has 0 radical (unpaired) electrons. The summed E-state index contributed by atoms with van der Waals surface area (Å²) in [4.78, 5) is 23.5. The number of imidazole rings is 1. The lowest BCUT2D eigenvalue weighted by Crippen LogP contribution is -2.33. The predicted octanol–water partition coefficient (Wildman–Crippen LogP) is -0.250. The van der Waals surface area contributed by atoms with E-state index in [0.717, 1.165) is 6.42 Å². The highest BCUT2D eigenvalue weighted by molar-refractivity contribution is 5.81. The zero-order valence-corrected chi connectivity index (χ0v) is 15.4. The lowest BCUT2D eigenvalue weighted by molar-refractivity contribution is -0.118. The highest BCUT2D eigenvalue weighted by Crippen LogP contribution is 2.35. The van der Waals surface area contributed by atoms with Crippen LogP contribution in [0.2, 0.25) is 0 Å². The summed E-state index contributed by atoms with van der Waals surface area (Å²) in [6.45, 7) is 3.48. The Morgan fingerprint density at radius 2 is 2.04 bits per heavy atom. The first kappa shape index (κ1) is 19.6. The van der Waals surface area contributed by atoms with E-state index < -0.39 is 30.6 Å². The molecule has 6 N–H and O–H groups in total. The first-order valence-electron chi connectivity index (χ1n) is 9.00. The maximum Gasteiger partial charge on any atom is 0.167 e. The molecular formula is C17H26N6O4. The predicted molar refractivity (Wildman–Crippen MR) is 97.3 cm³/mol. The zero-order valence-electron chi connectivity index (χ0n) is 15.4. The first-order chi connectivity index (χ1) is 12.8. The van der Waals surface area contributed by atoms with Crippen molar-refractivity contribution in [2.24, 2.45) is 11.7 Å². The van der Waals surface area contributed by atoms with Gasteiger partial charge in [-0.1, -0.05) is 6.92 Å². The number of rotatable bonds is 7. The fourth-order valence-electron chi connectivity index (χ4n) is 3.39. The highest BCUT2D eigenvalue weighted by Gasteiger charge is 2.44. The van der Waals surface area contributed by atoms with Crippen molar-refractivity contribution >= 4 is 22.8 Å².